The molecule has 1 N–H and O–H groups in total. The summed E-state index contributed by atoms with van der Waals surface area (Å²) in [6.07, 6.45) is 0. The summed E-state index contributed by atoms with van der Waals surface area (Å²) in [6, 6.07) is 13.9. The van der Waals surface area contributed by atoms with Gasteiger partial charge in [-0.1, -0.05) is 35.4 Å². The monoisotopic (exact) mass is 402 g/mol. The van der Waals surface area contributed by atoms with E-state index in [1.54, 1.807) is 12.1 Å². The smallest absolute Gasteiger partial charge is 0.283 e. The molecular formula is C18H18N4O3S2. The number of rotatable bonds is 4. The first-order valence-corrected chi connectivity index (χ1v) is 10.3. The van der Waals surface area contributed by atoms with E-state index in [1.807, 2.05) is 38.1 Å². The highest BCUT2D eigenvalue weighted by atomic mass is 32.2. The zero-order valence-electron chi connectivity index (χ0n) is 15.0. The van der Waals surface area contributed by atoms with Gasteiger partial charge in [-0.3, -0.25) is 4.79 Å². The lowest BCUT2D eigenvalue weighted by Crippen LogP contribution is -2.24. The molecule has 3 aromatic rings. The molecule has 0 atom stereocenters. The fourth-order valence-corrected chi connectivity index (χ4v) is 4.31. The summed E-state index contributed by atoms with van der Waals surface area (Å²) in [5, 5.41) is 6.70. The van der Waals surface area contributed by atoms with Gasteiger partial charge < -0.3 is 5.32 Å². The summed E-state index contributed by atoms with van der Waals surface area (Å²) in [7, 11) is -2.51. The minimum absolute atomic E-state index is 0.0236. The standard InChI is InChI=1S/C18H18N4O3S2/c1-12-4-8-14(9-5-12)22-20-16(17(23)19-3)18(26-22)21-27(24,25)15-10-6-13(2)7-11-15/h4-11H,1-3H3,(H,19,23)/b21-18-. The molecule has 9 heteroatoms. The largest absolute Gasteiger partial charge is 0.354 e. The first-order chi connectivity index (χ1) is 12.8. The first-order valence-electron chi connectivity index (χ1n) is 8.07. The van der Waals surface area contributed by atoms with E-state index in [0.717, 1.165) is 22.7 Å². The van der Waals surface area contributed by atoms with Crippen molar-refractivity contribution in [3.8, 4) is 5.69 Å². The number of nitrogens with zero attached hydrogens (tertiary/aromatic N) is 3. The molecule has 1 aromatic heterocycles. The molecule has 0 saturated heterocycles. The molecule has 1 amide bonds. The molecule has 3 rings (SSSR count). The van der Waals surface area contributed by atoms with Gasteiger partial charge in [0.1, 0.15) is 0 Å². The van der Waals surface area contributed by atoms with Crippen molar-refractivity contribution in [3.05, 3.63) is 70.0 Å². The highest BCUT2D eigenvalue weighted by Gasteiger charge is 2.19. The van der Waals surface area contributed by atoms with Crippen molar-refractivity contribution < 1.29 is 13.2 Å². The van der Waals surface area contributed by atoms with Gasteiger partial charge in [0.15, 0.2) is 10.4 Å². The molecule has 0 bridgehead atoms. The molecular weight excluding hydrogens is 384 g/mol. The Balaban J connectivity index is 2.15. The maximum atomic E-state index is 12.6. The van der Waals surface area contributed by atoms with Crippen LogP contribution < -0.4 is 9.99 Å². The third kappa shape index (κ3) is 4.15. The average molecular weight is 403 g/mol. The van der Waals surface area contributed by atoms with Gasteiger partial charge in [-0.25, -0.2) is 0 Å². The second-order valence-corrected chi connectivity index (χ2v) is 8.43. The summed E-state index contributed by atoms with van der Waals surface area (Å²) in [6.45, 7) is 3.83. The van der Waals surface area contributed by atoms with Crippen molar-refractivity contribution in [2.24, 2.45) is 4.40 Å². The predicted octanol–water partition coefficient (Wildman–Crippen LogP) is 2.20. The quantitative estimate of drug-likeness (QED) is 0.724. The number of nitrogens with one attached hydrogen (secondary N) is 1. The minimum atomic E-state index is -3.97. The molecule has 140 valence electrons. The Hall–Kier alpha value is -2.78. The molecule has 0 aliphatic rings. The second kappa shape index (κ2) is 7.45. The Morgan fingerprint density at radius 1 is 1.04 bits per heavy atom. The molecule has 0 aliphatic heterocycles. The summed E-state index contributed by atoms with van der Waals surface area (Å²) >= 11 is 0.986. The average Bonchev–Trinajstić information content (AvgIpc) is 3.05. The van der Waals surface area contributed by atoms with Crippen LogP contribution in [0.1, 0.15) is 21.6 Å². The van der Waals surface area contributed by atoms with Gasteiger partial charge in [-0.05, 0) is 49.6 Å². The minimum Gasteiger partial charge on any atom is -0.354 e. The summed E-state index contributed by atoms with van der Waals surface area (Å²) < 4.78 is 30.6. The Morgan fingerprint density at radius 2 is 1.59 bits per heavy atom. The third-order valence-corrected chi connectivity index (χ3v) is 6.11. The van der Waals surface area contributed by atoms with Gasteiger partial charge >= 0.3 is 0 Å². The predicted molar refractivity (Wildman–Crippen MR) is 103 cm³/mol. The van der Waals surface area contributed by atoms with Gasteiger partial charge in [-0.2, -0.15) is 12.5 Å². The number of hydrogen-bond donors (Lipinski definition) is 1. The topological polar surface area (TPSA) is 93.4 Å². The van der Waals surface area contributed by atoms with E-state index in [1.165, 1.54) is 23.3 Å². The Kier molecular flexibility index (Phi) is 5.24. The van der Waals surface area contributed by atoms with E-state index in [4.69, 9.17) is 0 Å². The van der Waals surface area contributed by atoms with Crippen LogP contribution in [0.3, 0.4) is 0 Å². The van der Waals surface area contributed by atoms with Crippen LogP contribution in [0.5, 0.6) is 0 Å². The molecule has 0 fully saturated rings. The summed E-state index contributed by atoms with van der Waals surface area (Å²) in [4.78, 5) is 12.2. The Morgan fingerprint density at radius 3 is 2.15 bits per heavy atom. The molecule has 27 heavy (non-hydrogen) atoms. The SMILES string of the molecule is CNC(=O)c1nn(-c2ccc(C)cc2)s/c1=N\S(=O)(=O)c1ccc(C)cc1. The molecule has 2 aromatic carbocycles. The zero-order valence-corrected chi connectivity index (χ0v) is 16.6. The maximum absolute atomic E-state index is 12.6. The van der Waals surface area contributed by atoms with Crippen molar-refractivity contribution >= 4 is 27.5 Å². The van der Waals surface area contributed by atoms with Gasteiger partial charge in [0.05, 0.1) is 10.6 Å². The lowest BCUT2D eigenvalue weighted by molar-refractivity contribution is 0.0956. The van der Waals surface area contributed by atoms with Crippen LogP contribution >= 0.6 is 11.5 Å². The number of aryl methyl sites for hydroxylation is 2. The number of amides is 1. The van der Waals surface area contributed by atoms with E-state index in [2.05, 4.69) is 14.8 Å². The number of carbonyl (C=O) groups is 1. The van der Waals surface area contributed by atoms with Crippen molar-refractivity contribution in [1.29, 1.82) is 0 Å². The number of benzene rings is 2. The van der Waals surface area contributed by atoms with Crippen LogP contribution in [0.15, 0.2) is 57.8 Å². The van der Waals surface area contributed by atoms with Gasteiger partial charge in [0.2, 0.25) is 0 Å². The van der Waals surface area contributed by atoms with Gasteiger partial charge in [-0.15, -0.1) is 9.50 Å². The van der Waals surface area contributed by atoms with Crippen molar-refractivity contribution in [1.82, 2.24) is 14.5 Å². The highest BCUT2D eigenvalue weighted by molar-refractivity contribution is 7.90. The lowest BCUT2D eigenvalue weighted by Gasteiger charge is -1.99. The molecule has 0 aliphatic carbocycles. The number of aromatic nitrogens is 2. The Bertz CT molecular complexity index is 1140. The van der Waals surface area contributed by atoms with Gasteiger partial charge in [0, 0.05) is 7.05 Å². The van der Waals surface area contributed by atoms with E-state index < -0.39 is 15.9 Å². The third-order valence-electron chi connectivity index (χ3n) is 3.79. The molecule has 0 unspecified atom stereocenters. The fourth-order valence-electron chi connectivity index (χ4n) is 2.25. The van der Waals surface area contributed by atoms with Crippen LogP contribution in [0.4, 0.5) is 0 Å². The molecule has 0 saturated carbocycles. The lowest BCUT2D eigenvalue weighted by atomic mass is 10.2. The summed E-state index contributed by atoms with van der Waals surface area (Å²) in [5.74, 6) is -0.505. The molecule has 1 heterocycles. The van der Waals surface area contributed by atoms with E-state index in [-0.39, 0.29) is 15.3 Å². The first kappa shape index (κ1) is 19.0. The summed E-state index contributed by atoms with van der Waals surface area (Å²) in [5.41, 5.74) is 2.69. The molecule has 0 radical (unpaired) electrons. The van der Waals surface area contributed by atoms with Crippen molar-refractivity contribution in [2.45, 2.75) is 18.7 Å². The van der Waals surface area contributed by atoms with Crippen molar-refractivity contribution in [3.63, 3.8) is 0 Å². The van der Waals surface area contributed by atoms with Crippen molar-refractivity contribution in [2.75, 3.05) is 7.05 Å². The second-order valence-electron chi connectivity index (χ2n) is 5.91. The molecule has 7 nitrogen and oxygen atoms in total. The zero-order chi connectivity index (χ0) is 19.6. The number of carbonyl (C=O) groups excluding carboxylic acids is 1. The van der Waals surface area contributed by atoms with E-state index in [0.29, 0.717) is 5.69 Å². The Labute approximate surface area is 161 Å². The van der Waals surface area contributed by atoms with E-state index >= 15 is 0 Å². The normalized spacial score (nSPS) is 12.2. The molecule has 0 spiro atoms. The van der Waals surface area contributed by atoms with Crippen LogP contribution in [-0.4, -0.2) is 30.5 Å². The van der Waals surface area contributed by atoms with Gasteiger partial charge in [0.25, 0.3) is 15.9 Å². The fraction of sp³-hybridized carbons (Fsp3) is 0.167. The van der Waals surface area contributed by atoms with Crippen LogP contribution in [0, 0.1) is 13.8 Å². The number of hydrogen-bond acceptors (Lipinski definition) is 5. The number of sulfonamides is 1. The van der Waals surface area contributed by atoms with Crippen LogP contribution in [-0.2, 0) is 10.0 Å². The highest BCUT2D eigenvalue weighted by Crippen LogP contribution is 2.14. The van der Waals surface area contributed by atoms with Crippen LogP contribution in [0.25, 0.3) is 5.69 Å². The van der Waals surface area contributed by atoms with E-state index in [9.17, 15) is 13.2 Å². The maximum Gasteiger partial charge on any atom is 0.283 e. The van der Waals surface area contributed by atoms with Crippen LogP contribution in [0.2, 0.25) is 0 Å².